The van der Waals surface area contributed by atoms with Crippen molar-refractivity contribution in [3.8, 4) is 0 Å². The lowest BCUT2D eigenvalue weighted by Crippen LogP contribution is -2.22. The maximum absolute atomic E-state index is 13.4. The summed E-state index contributed by atoms with van der Waals surface area (Å²) >= 11 is 6.19. The first kappa shape index (κ1) is 13.7. The Morgan fingerprint density at radius 3 is 2.53 bits per heavy atom. The Hall–Kier alpha value is -1.74. The molecule has 0 amide bonds. The fourth-order valence-corrected chi connectivity index (χ4v) is 2.34. The van der Waals surface area contributed by atoms with Crippen LogP contribution in [0.3, 0.4) is 0 Å². The highest BCUT2D eigenvalue weighted by molar-refractivity contribution is 6.31. The molecule has 0 aliphatic carbocycles. The molecular formula is C15H16ClFN2. The van der Waals surface area contributed by atoms with Crippen LogP contribution in [0.25, 0.3) is 0 Å². The quantitative estimate of drug-likeness (QED) is 0.850. The van der Waals surface area contributed by atoms with E-state index in [1.54, 1.807) is 6.07 Å². The molecule has 4 heteroatoms. The van der Waals surface area contributed by atoms with Gasteiger partial charge in [0.1, 0.15) is 5.82 Å². The number of hydrogen-bond donors (Lipinski definition) is 1. The molecule has 2 rings (SSSR count). The standard InChI is InChI=1S/C15H16ClFN2/c1-10(14-5-3-4-6-15(14)16)19(2)13-8-11(17)7-12(18)9-13/h3-10H,18H2,1-2H3. The Morgan fingerprint density at radius 1 is 1.21 bits per heavy atom. The second kappa shape index (κ2) is 5.49. The summed E-state index contributed by atoms with van der Waals surface area (Å²) in [6.07, 6.45) is 0. The molecule has 0 radical (unpaired) electrons. The van der Waals surface area contributed by atoms with Crippen LogP contribution >= 0.6 is 11.6 Å². The highest BCUT2D eigenvalue weighted by Crippen LogP contribution is 2.30. The molecule has 0 saturated carbocycles. The Kier molecular flexibility index (Phi) is 3.96. The summed E-state index contributed by atoms with van der Waals surface area (Å²) in [7, 11) is 1.89. The van der Waals surface area contributed by atoms with Gasteiger partial charge in [0.05, 0.1) is 6.04 Å². The molecule has 19 heavy (non-hydrogen) atoms. The summed E-state index contributed by atoms with van der Waals surface area (Å²) in [5.41, 5.74) is 7.81. The lowest BCUT2D eigenvalue weighted by atomic mass is 10.1. The normalized spacial score (nSPS) is 12.2. The van der Waals surface area contributed by atoms with Crippen molar-refractivity contribution >= 4 is 23.0 Å². The van der Waals surface area contributed by atoms with Crippen molar-refractivity contribution in [1.82, 2.24) is 0 Å². The van der Waals surface area contributed by atoms with E-state index in [4.69, 9.17) is 17.3 Å². The van der Waals surface area contributed by atoms with Crippen LogP contribution in [0.15, 0.2) is 42.5 Å². The number of rotatable bonds is 3. The molecule has 100 valence electrons. The second-order valence-corrected chi connectivity index (χ2v) is 4.96. The monoisotopic (exact) mass is 278 g/mol. The molecule has 2 aromatic carbocycles. The van der Waals surface area contributed by atoms with Gasteiger partial charge < -0.3 is 10.6 Å². The lowest BCUT2D eigenvalue weighted by molar-refractivity contribution is 0.626. The topological polar surface area (TPSA) is 29.3 Å². The number of anilines is 2. The summed E-state index contributed by atoms with van der Waals surface area (Å²) < 4.78 is 13.4. The number of nitrogens with zero attached hydrogens (tertiary/aromatic N) is 1. The van der Waals surface area contributed by atoms with Crippen LogP contribution in [0.5, 0.6) is 0 Å². The molecule has 0 fully saturated rings. The van der Waals surface area contributed by atoms with E-state index < -0.39 is 0 Å². The smallest absolute Gasteiger partial charge is 0.127 e. The molecule has 2 nitrogen and oxygen atoms in total. The molecule has 0 aliphatic rings. The van der Waals surface area contributed by atoms with Gasteiger partial charge in [-0.1, -0.05) is 29.8 Å². The van der Waals surface area contributed by atoms with Gasteiger partial charge in [0.25, 0.3) is 0 Å². The molecule has 2 aromatic rings. The van der Waals surface area contributed by atoms with E-state index in [2.05, 4.69) is 0 Å². The second-order valence-electron chi connectivity index (χ2n) is 4.55. The molecule has 0 aromatic heterocycles. The highest BCUT2D eigenvalue weighted by Gasteiger charge is 2.15. The fraction of sp³-hybridized carbons (Fsp3) is 0.200. The van der Waals surface area contributed by atoms with Crippen LogP contribution in [0.4, 0.5) is 15.8 Å². The molecule has 0 spiro atoms. The van der Waals surface area contributed by atoms with Gasteiger partial charge in [0, 0.05) is 23.4 Å². The maximum Gasteiger partial charge on any atom is 0.127 e. The van der Waals surface area contributed by atoms with E-state index in [1.807, 2.05) is 43.1 Å². The van der Waals surface area contributed by atoms with Crippen LogP contribution < -0.4 is 10.6 Å². The van der Waals surface area contributed by atoms with E-state index in [1.165, 1.54) is 12.1 Å². The molecule has 2 N–H and O–H groups in total. The maximum atomic E-state index is 13.4. The van der Waals surface area contributed by atoms with Crippen molar-refractivity contribution in [2.45, 2.75) is 13.0 Å². The Labute approximate surface area is 117 Å². The Bertz CT molecular complexity index is 566. The molecule has 0 heterocycles. The van der Waals surface area contributed by atoms with Gasteiger partial charge in [-0.15, -0.1) is 0 Å². The van der Waals surface area contributed by atoms with Crippen molar-refractivity contribution in [1.29, 1.82) is 0 Å². The van der Waals surface area contributed by atoms with E-state index in [0.29, 0.717) is 10.7 Å². The SMILES string of the molecule is CC(c1ccccc1Cl)N(C)c1cc(N)cc(F)c1. The summed E-state index contributed by atoms with van der Waals surface area (Å²) in [5.74, 6) is -0.340. The third kappa shape index (κ3) is 2.99. The number of halogens is 2. The van der Waals surface area contributed by atoms with Gasteiger partial charge in [-0.2, -0.15) is 0 Å². The molecule has 0 aliphatic heterocycles. The molecular weight excluding hydrogens is 263 g/mol. The molecule has 1 atom stereocenters. The van der Waals surface area contributed by atoms with Crippen molar-refractivity contribution in [3.05, 3.63) is 58.9 Å². The van der Waals surface area contributed by atoms with Gasteiger partial charge in [-0.3, -0.25) is 0 Å². The van der Waals surface area contributed by atoms with Crippen LogP contribution in [0.2, 0.25) is 5.02 Å². The Balaban J connectivity index is 2.33. The van der Waals surface area contributed by atoms with Crippen LogP contribution in [-0.2, 0) is 0 Å². The number of nitrogen functional groups attached to an aromatic ring is 1. The molecule has 1 unspecified atom stereocenters. The molecule has 0 bridgehead atoms. The van der Waals surface area contributed by atoms with Gasteiger partial charge in [0.2, 0.25) is 0 Å². The summed E-state index contributed by atoms with van der Waals surface area (Å²) in [6, 6.07) is 12.2. The van der Waals surface area contributed by atoms with Crippen LogP contribution in [-0.4, -0.2) is 7.05 Å². The largest absolute Gasteiger partial charge is 0.399 e. The van der Waals surface area contributed by atoms with Gasteiger partial charge in [-0.25, -0.2) is 4.39 Å². The average molecular weight is 279 g/mol. The van der Waals surface area contributed by atoms with E-state index in [-0.39, 0.29) is 11.9 Å². The summed E-state index contributed by atoms with van der Waals surface area (Å²) in [6.45, 7) is 2.02. The zero-order valence-electron chi connectivity index (χ0n) is 10.9. The van der Waals surface area contributed by atoms with Gasteiger partial charge in [-0.05, 0) is 36.8 Å². The van der Waals surface area contributed by atoms with Crippen LogP contribution in [0.1, 0.15) is 18.5 Å². The van der Waals surface area contributed by atoms with Gasteiger partial charge >= 0.3 is 0 Å². The van der Waals surface area contributed by atoms with Crippen molar-refractivity contribution in [2.24, 2.45) is 0 Å². The fourth-order valence-electron chi connectivity index (χ4n) is 2.05. The minimum absolute atomic E-state index is 0.0231. The number of nitrogens with two attached hydrogens (primary N) is 1. The minimum atomic E-state index is -0.340. The zero-order chi connectivity index (χ0) is 14.0. The average Bonchev–Trinajstić information content (AvgIpc) is 2.36. The Morgan fingerprint density at radius 2 is 1.89 bits per heavy atom. The summed E-state index contributed by atoms with van der Waals surface area (Å²) in [5, 5.41) is 0.700. The third-order valence-electron chi connectivity index (χ3n) is 3.25. The third-order valence-corrected chi connectivity index (χ3v) is 3.59. The number of hydrogen-bond acceptors (Lipinski definition) is 2. The van der Waals surface area contributed by atoms with Gasteiger partial charge in [0.15, 0.2) is 0 Å². The predicted octanol–water partition coefficient (Wildman–Crippen LogP) is 4.26. The van der Waals surface area contributed by atoms with Crippen molar-refractivity contribution in [2.75, 3.05) is 17.7 Å². The van der Waals surface area contributed by atoms with Crippen molar-refractivity contribution in [3.63, 3.8) is 0 Å². The first-order chi connectivity index (χ1) is 8.99. The zero-order valence-corrected chi connectivity index (χ0v) is 11.7. The van der Waals surface area contributed by atoms with E-state index in [0.717, 1.165) is 11.3 Å². The molecule has 0 saturated heterocycles. The summed E-state index contributed by atoms with van der Waals surface area (Å²) in [4.78, 5) is 1.95. The van der Waals surface area contributed by atoms with E-state index in [9.17, 15) is 4.39 Å². The van der Waals surface area contributed by atoms with Crippen LogP contribution in [0, 0.1) is 5.82 Å². The first-order valence-corrected chi connectivity index (χ1v) is 6.40. The first-order valence-electron chi connectivity index (χ1n) is 6.02. The van der Waals surface area contributed by atoms with E-state index >= 15 is 0 Å². The lowest BCUT2D eigenvalue weighted by Gasteiger charge is -2.28. The highest BCUT2D eigenvalue weighted by atomic mass is 35.5. The number of benzene rings is 2. The predicted molar refractivity (Wildman–Crippen MR) is 79.1 cm³/mol. The minimum Gasteiger partial charge on any atom is -0.399 e. The van der Waals surface area contributed by atoms with Crippen molar-refractivity contribution < 1.29 is 4.39 Å².